The van der Waals surface area contributed by atoms with Gasteiger partial charge in [0, 0.05) is 0 Å². The molecule has 2 rings (SSSR count). The Morgan fingerprint density at radius 1 is 1.24 bits per heavy atom. The maximum Gasteiger partial charge on any atom is 0.245 e. The lowest BCUT2D eigenvalue weighted by Gasteiger charge is -2.14. The zero-order chi connectivity index (χ0) is 12.4. The van der Waals surface area contributed by atoms with Gasteiger partial charge in [-0.25, -0.2) is 0 Å². The van der Waals surface area contributed by atoms with E-state index in [1.165, 1.54) is 0 Å². The normalized spacial score (nSPS) is 23.9. The molecule has 1 aromatic rings. The van der Waals surface area contributed by atoms with Crippen LogP contribution < -0.4 is 5.32 Å². The van der Waals surface area contributed by atoms with Crippen LogP contribution in [0.25, 0.3) is 0 Å². The van der Waals surface area contributed by atoms with Gasteiger partial charge in [0.2, 0.25) is 11.8 Å². The second-order valence-corrected chi connectivity index (χ2v) is 4.65. The van der Waals surface area contributed by atoms with E-state index in [2.05, 4.69) is 12.2 Å². The van der Waals surface area contributed by atoms with Gasteiger partial charge in [0.25, 0.3) is 0 Å². The van der Waals surface area contributed by atoms with E-state index in [0.29, 0.717) is 0 Å². The zero-order valence-electron chi connectivity index (χ0n) is 9.57. The summed E-state index contributed by atoms with van der Waals surface area (Å²) in [7, 11) is 0. The number of hydrogen-bond donors (Lipinski definition) is 1. The molecule has 1 heterocycles. The lowest BCUT2D eigenvalue weighted by molar-refractivity contribution is -0.125. The summed E-state index contributed by atoms with van der Waals surface area (Å²) in [6.07, 6.45) is 1.88. The van der Waals surface area contributed by atoms with Crippen molar-refractivity contribution in [2.45, 2.75) is 31.1 Å². The van der Waals surface area contributed by atoms with Crippen molar-refractivity contribution in [3.63, 3.8) is 0 Å². The monoisotopic (exact) mass is 251 g/mol. The number of benzene rings is 1. The number of hydrogen-bond acceptors (Lipinski definition) is 2. The summed E-state index contributed by atoms with van der Waals surface area (Å²) in [5, 5.41) is 1.48. The van der Waals surface area contributed by atoms with Gasteiger partial charge in [-0.05, 0) is 17.5 Å². The molecule has 17 heavy (non-hydrogen) atoms. The Kier molecular flexibility index (Phi) is 3.48. The van der Waals surface area contributed by atoms with Gasteiger partial charge in [0.1, 0.15) is 5.38 Å². The number of carbonyl (C=O) groups excluding carboxylic acids is 2. The third-order valence-corrected chi connectivity index (χ3v) is 3.43. The Morgan fingerprint density at radius 2 is 1.94 bits per heavy atom. The Balaban J connectivity index is 2.39. The van der Waals surface area contributed by atoms with E-state index in [4.69, 9.17) is 11.6 Å². The van der Waals surface area contributed by atoms with E-state index in [-0.39, 0.29) is 5.91 Å². The summed E-state index contributed by atoms with van der Waals surface area (Å²) in [4.78, 5) is 23.1. The van der Waals surface area contributed by atoms with Gasteiger partial charge >= 0.3 is 0 Å². The molecule has 1 aromatic carbocycles. The van der Waals surface area contributed by atoms with Crippen LogP contribution in [0.5, 0.6) is 0 Å². The molecular formula is C13H14ClNO2. The van der Waals surface area contributed by atoms with E-state index in [1.54, 1.807) is 0 Å². The molecule has 3 nitrogen and oxygen atoms in total. The zero-order valence-corrected chi connectivity index (χ0v) is 10.3. The van der Waals surface area contributed by atoms with Crippen molar-refractivity contribution in [1.29, 1.82) is 0 Å². The van der Waals surface area contributed by atoms with E-state index in [9.17, 15) is 9.59 Å². The number of halogens is 1. The molecule has 0 spiro atoms. The van der Waals surface area contributed by atoms with E-state index >= 15 is 0 Å². The molecule has 1 fully saturated rings. The molecule has 4 heteroatoms. The molecule has 1 saturated heterocycles. The van der Waals surface area contributed by atoms with Crippen LogP contribution in [0, 0.1) is 0 Å². The molecule has 0 aliphatic carbocycles. The molecule has 1 aliphatic heterocycles. The van der Waals surface area contributed by atoms with Crippen molar-refractivity contribution in [2.24, 2.45) is 0 Å². The van der Waals surface area contributed by atoms with Crippen molar-refractivity contribution >= 4 is 23.4 Å². The largest absolute Gasteiger partial charge is 0.295 e. The quantitative estimate of drug-likeness (QED) is 0.660. The number of aryl methyl sites for hydroxylation is 1. The molecule has 1 aliphatic rings. The molecule has 2 atom stereocenters. The number of rotatable bonds is 3. The van der Waals surface area contributed by atoms with Crippen LogP contribution in [0.1, 0.15) is 30.4 Å². The number of nitrogens with one attached hydrogen (secondary N) is 1. The molecule has 0 radical (unpaired) electrons. The summed E-state index contributed by atoms with van der Waals surface area (Å²) in [6, 6.07) is 7.67. The molecule has 2 amide bonds. The highest BCUT2D eigenvalue weighted by atomic mass is 35.5. The maximum atomic E-state index is 11.7. The molecule has 2 unspecified atom stereocenters. The van der Waals surface area contributed by atoms with Gasteiger partial charge in [0.15, 0.2) is 0 Å². The van der Waals surface area contributed by atoms with Crippen LogP contribution in [0.2, 0.25) is 0 Å². The van der Waals surface area contributed by atoms with E-state index in [1.807, 2.05) is 24.3 Å². The Morgan fingerprint density at radius 3 is 2.53 bits per heavy atom. The van der Waals surface area contributed by atoms with Crippen LogP contribution in [-0.2, 0) is 16.0 Å². The summed E-state index contributed by atoms with van der Waals surface area (Å²) in [5.74, 6) is -1.24. The molecule has 0 saturated carbocycles. The number of carbonyl (C=O) groups is 2. The molecule has 0 bridgehead atoms. The Labute approximate surface area is 105 Å². The van der Waals surface area contributed by atoms with E-state index < -0.39 is 17.2 Å². The third-order valence-electron chi connectivity index (χ3n) is 2.98. The highest BCUT2D eigenvalue weighted by Crippen LogP contribution is 2.31. The average molecular weight is 252 g/mol. The van der Waals surface area contributed by atoms with Crippen LogP contribution in [0.4, 0.5) is 0 Å². The highest BCUT2D eigenvalue weighted by Gasteiger charge is 2.41. The maximum absolute atomic E-state index is 11.7. The van der Waals surface area contributed by atoms with Crippen LogP contribution in [0.15, 0.2) is 24.3 Å². The predicted octanol–water partition coefficient (Wildman–Crippen LogP) is 1.99. The first kappa shape index (κ1) is 12.1. The van der Waals surface area contributed by atoms with Crippen molar-refractivity contribution in [3.8, 4) is 0 Å². The minimum Gasteiger partial charge on any atom is -0.295 e. The second kappa shape index (κ2) is 4.88. The van der Waals surface area contributed by atoms with Crippen molar-refractivity contribution < 1.29 is 9.59 Å². The highest BCUT2D eigenvalue weighted by molar-refractivity contribution is 6.37. The van der Waals surface area contributed by atoms with Crippen molar-refractivity contribution in [3.05, 3.63) is 35.4 Å². The van der Waals surface area contributed by atoms with Gasteiger partial charge in [0.05, 0.1) is 5.92 Å². The second-order valence-electron chi connectivity index (χ2n) is 4.18. The first-order chi connectivity index (χ1) is 8.15. The van der Waals surface area contributed by atoms with Crippen molar-refractivity contribution in [1.82, 2.24) is 5.32 Å². The summed E-state index contributed by atoms with van der Waals surface area (Å²) in [6.45, 7) is 2.08. The Hall–Kier alpha value is -1.35. The Bertz CT molecular complexity index is 458. The van der Waals surface area contributed by atoms with Gasteiger partial charge in [-0.2, -0.15) is 0 Å². The number of alkyl halides is 1. The van der Waals surface area contributed by atoms with E-state index in [0.717, 1.165) is 24.0 Å². The smallest absolute Gasteiger partial charge is 0.245 e. The van der Waals surface area contributed by atoms with Crippen LogP contribution >= 0.6 is 11.6 Å². The fourth-order valence-electron chi connectivity index (χ4n) is 2.19. The van der Waals surface area contributed by atoms with Crippen LogP contribution in [0.3, 0.4) is 0 Å². The fourth-order valence-corrected chi connectivity index (χ4v) is 2.49. The lowest BCUT2D eigenvalue weighted by Crippen LogP contribution is -2.22. The molecule has 0 aromatic heterocycles. The van der Waals surface area contributed by atoms with Crippen molar-refractivity contribution in [2.75, 3.05) is 0 Å². The summed E-state index contributed by atoms with van der Waals surface area (Å²) >= 11 is 6.00. The third kappa shape index (κ3) is 2.20. The topological polar surface area (TPSA) is 46.2 Å². The molecular weight excluding hydrogens is 238 g/mol. The standard InChI is InChI=1S/C13H14ClNO2/c1-2-5-8-6-3-4-7-9(8)10-11(14)13(17)15-12(10)16/h3-4,6-7,10-11H,2,5H2,1H3,(H,15,16,17). The minimum absolute atomic E-state index is 0.293. The average Bonchev–Trinajstić information content (AvgIpc) is 2.55. The summed E-state index contributed by atoms with van der Waals surface area (Å²) in [5.41, 5.74) is 1.97. The van der Waals surface area contributed by atoms with Crippen LogP contribution in [-0.4, -0.2) is 17.2 Å². The fraction of sp³-hybridized carbons (Fsp3) is 0.385. The number of imide groups is 1. The molecule has 1 N–H and O–H groups in total. The predicted molar refractivity (Wildman–Crippen MR) is 66.0 cm³/mol. The van der Waals surface area contributed by atoms with Gasteiger partial charge in [-0.3, -0.25) is 14.9 Å². The van der Waals surface area contributed by atoms with Gasteiger partial charge < -0.3 is 0 Å². The molecule has 90 valence electrons. The first-order valence-electron chi connectivity index (χ1n) is 5.71. The number of amides is 2. The summed E-state index contributed by atoms with van der Waals surface area (Å²) < 4.78 is 0. The SMILES string of the molecule is CCCc1ccccc1C1C(=O)NC(=O)C1Cl. The first-order valence-corrected chi connectivity index (χ1v) is 6.15. The van der Waals surface area contributed by atoms with Gasteiger partial charge in [-0.15, -0.1) is 11.6 Å². The van der Waals surface area contributed by atoms with Gasteiger partial charge in [-0.1, -0.05) is 37.6 Å². The minimum atomic E-state index is -0.791. The lowest BCUT2D eigenvalue weighted by atomic mass is 9.91.